The fraction of sp³-hybridized carbons (Fsp3) is 0.280. The molecule has 0 saturated heterocycles. The lowest BCUT2D eigenvalue weighted by atomic mass is 10.1. The maximum Gasteiger partial charge on any atom is 0.162 e. The molecule has 0 amide bonds. The van der Waals surface area contributed by atoms with Crippen molar-refractivity contribution >= 4 is 34.7 Å². The summed E-state index contributed by atoms with van der Waals surface area (Å²) in [6.45, 7) is 0.219. The van der Waals surface area contributed by atoms with E-state index in [9.17, 15) is 4.39 Å². The van der Waals surface area contributed by atoms with Gasteiger partial charge in [-0.05, 0) is 49.9 Å². The minimum atomic E-state index is -0.302. The Morgan fingerprint density at radius 1 is 1.09 bits per heavy atom. The lowest BCUT2D eigenvalue weighted by Crippen LogP contribution is -2.24. The predicted octanol–water partition coefficient (Wildman–Crippen LogP) is 6.73. The van der Waals surface area contributed by atoms with E-state index in [0.717, 1.165) is 31.2 Å². The van der Waals surface area contributed by atoms with Crippen LogP contribution >= 0.6 is 23.2 Å². The Bertz CT molecular complexity index is 1130. The Morgan fingerprint density at radius 2 is 1.82 bits per heavy atom. The van der Waals surface area contributed by atoms with Gasteiger partial charge in [0.2, 0.25) is 0 Å². The van der Waals surface area contributed by atoms with Crippen molar-refractivity contribution in [3.05, 3.63) is 81.8 Å². The largest absolute Gasteiger partial charge is 0.493 e. The summed E-state index contributed by atoms with van der Waals surface area (Å²) in [5.41, 5.74) is 1.61. The summed E-state index contributed by atoms with van der Waals surface area (Å²) in [4.78, 5) is 8.67. The first-order valence-electron chi connectivity index (χ1n) is 10.7. The number of ether oxygens (including phenoxy) is 2. The zero-order chi connectivity index (χ0) is 23.2. The van der Waals surface area contributed by atoms with Crippen LogP contribution in [0.5, 0.6) is 11.5 Å². The van der Waals surface area contributed by atoms with Gasteiger partial charge in [0, 0.05) is 30.1 Å². The molecule has 1 aliphatic rings. The van der Waals surface area contributed by atoms with Gasteiger partial charge in [0.15, 0.2) is 11.5 Å². The van der Waals surface area contributed by atoms with Gasteiger partial charge < -0.3 is 14.8 Å². The average molecular weight is 488 g/mol. The van der Waals surface area contributed by atoms with E-state index in [4.69, 9.17) is 32.7 Å². The maximum atomic E-state index is 14.2. The summed E-state index contributed by atoms with van der Waals surface area (Å²) in [6, 6.07) is 12.1. The van der Waals surface area contributed by atoms with Crippen LogP contribution in [-0.2, 0) is 6.54 Å². The van der Waals surface area contributed by atoms with Crippen LogP contribution in [0.15, 0.2) is 59.9 Å². The molecule has 1 heterocycles. The quantitative estimate of drug-likeness (QED) is 0.296. The molecule has 3 aromatic rings. The van der Waals surface area contributed by atoms with E-state index in [1.165, 1.54) is 18.5 Å². The smallest absolute Gasteiger partial charge is 0.162 e. The number of nitrogens with one attached hydrogen (secondary N) is 1. The highest BCUT2D eigenvalue weighted by molar-refractivity contribution is 6.38. The Kier molecular flexibility index (Phi) is 7.68. The Hall–Kier alpha value is -2.83. The number of aromatic nitrogens is 1. The third-order valence-electron chi connectivity index (χ3n) is 5.49. The molecule has 33 heavy (non-hydrogen) atoms. The van der Waals surface area contributed by atoms with E-state index in [0.29, 0.717) is 38.6 Å². The molecule has 1 fully saturated rings. The van der Waals surface area contributed by atoms with Crippen LogP contribution in [0.25, 0.3) is 0 Å². The maximum absolute atomic E-state index is 14.2. The van der Waals surface area contributed by atoms with Gasteiger partial charge in [-0.3, -0.25) is 4.98 Å². The summed E-state index contributed by atoms with van der Waals surface area (Å²) in [6.07, 6.45) is 7.45. The van der Waals surface area contributed by atoms with Crippen LogP contribution in [0.4, 0.5) is 10.1 Å². The van der Waals surface area contributed by atoms with Crippen molar-refractivity contribution in [2.24, 2.45) is 4.99 Å². The number of methoxy groups -OCH3 is 1. The van der Waals surface area contributed by atoms with Crippen LogP contribution in [0, 0.1) is 5.82 Å². The van der Waals surface area contributed by atoms with Gasteiger partial charge in [0.1, 0.15) is 17.3 Å². The topological polar surface area (TPSA) is 55.7 Å². The molecule has 2 aromatic carbocycles. The summed E-state index contributed by atoms with van der Waals surface area (Å²) >= 11 is 12.6. The van der Waals surface area contributed by atoms with E-state index in [-0.39, 0.29) is 18.5 Å². The number of rotatable bonds is 7. The molecular formula is C25H24Cl2FN3O2. The van der Waals surface area contributed by atoms with Gasteiger partial charge in [-0.25, -0.2) is 9.38 Å². The number of aliphatic imine (C=N–C) groups is 1. The fourth-order valence-electron chi connectivity index (χ4n) is 3.75. The van der Waals surface area contributed by atoms with Gasteiger partial charge in [-0.15, -0.1) is 0 Å². The third-order valence-corrected chi connectivity index (χ3v) is 6.04. The molecule has 1 N–H and O–H groups in total. The Labute approximate surface area is 202 Å². The Morgan fingerprint density at radius 3 is 2.52 bits per heavy atom. The predicted molar refractivity (Wildman–Crippen MR) is 130 cm³/mol. The minimum absolute atomic E-state index is 0.157. The van der Waals surface area contributed by atoms with Crippen LogP contribution in [-0.4, -0.2) is 24.0 Å². The van der Waals surface area contributed by atoms with Gasteiger partial charge in [0.25, 0.3) is 0 Å². The van der Waals surface area contributed by atoms with E-state index in [2.05, 4.69) is 15.3 Å². The molecule has 0 atom stereocenters. The van der Waals surface area contributed by atoms with Gasteiger partial charge in [-0.1, -0.05) is 41.4 Å². The Balaban J connectivity index is 1.72. The normalized spacial score (nSPS) is 14.4. The van der Waals surface area contributed by atoms with Crippen molar-refractivity contribution in [2.75, 3.05) is 7.11 Å². The molecule has 172 valence electrons. The minimum Gasteiger partial charge on any atom is -0.493 e. The lowest BCUT2D eigenvalue weighted by molar-refractivity contribution is 0.201. The monoisotopic (exact) mass is 487 g/mol. The molecule has 1 saturated carbocycles. The highest BCUT2D eigenvalue weighted by atomic mass is 35.5. The molecule has 0 spiro atoms. The van der Waals surface area contributed by atoms with Gasteiger partial charge >= 0.3 is 0 Å². The first-order chi connectivity index (χ1) is 16.0. The molecule has 8 heteroatoms. The van der Waals surface area contributed by atoms with E-state index < -0.39 is 0 Å². The fourth-order valence-corrected chi connectivity index (χ4v) is 4.20. The first kappa shape index (κ1) is 23.3. The summed E-state index contributed by atoms with van der Waals surface area (Å²) in [7, 11) is 1.61. The van der Waals surface area contributed by atoms with Crippen molar-refractivity contribution in [3.63, 3.8) is 0 Å². The van der Waals surface area contributed by atoms with E-state index in [1.807, 2.05) is 18.2 Å². The highest BCUT2D eigenvalue weighted by Gasteiger charge is 2.20. The first-order valence-corrected chi connectivity index (χ1v) is 11.5. The van der Waals surface area contributed by atoms with Crippen molar-refractivity contribution in [3.8, 4) is 11.5 Å². The zero-order valence-corrected chi connectivity index (χ0v) is 19.7. The van der Waals surface area contributed by atoms with Crippen LogP contribution in [0.2, 0.25) is 10.0 Å². The average Bonchev–Trinajstić information content (AvgIpc) is 3.32. The van der Waals surface area contributed by atoms with Crippen LogP contribution in [0.3, 0.4) is 0 Å². The molecule has 1 aromatic heterocycles. The summed E-state index contributed by atoms with van der Waals surface area (Å²) < 4.78 is 26.0. The lowest BCUT2D eigenvalue weighted by Gasteiger charge is -2.18. The second-order valence-corrected chi connectivity index (χ2v) is 8.56. The van der Waals surface area contributed by atoms with Gasteiger partial charge in [-0.2, -0.15) is 0 Å². The molecule has 0 aliphatic heterocycles. The molecule has 4 rings (SSSR count). The number of amidine groups is 1. The van der Waals surface area contributed by atoms with Crippen LogP contribution < -0.4 is 14.8 Å². The van der Waals surface area contributed by atoms with Crippen molar-refractivity contribution in [1.82, 2.24) is 10.3 Å². The molecule has 0 unspecified atom stereocenters. The molecule has 0 bridgehead atoms. The molecule has 0 radical (unpaired) electrons. The van der Waals surface area contributed by atoms with E-state index >= 15 is 0 Å². The third kappa shape index (κ3) is 5.75. The number of hydrogen-bond acceptors (Lipinski definition) is 4. The molecule has 5 nitrogen and oxygen atoms in total. The second kappa shape index (κ2) is 10.9. The highest BCUT2D eigenvalue weighted by Crippen LogP contribution is 2.35. The zero-order valence-electron chi connectivity index (χ0n) is 18.2. The second-order valence-electron chi connectivity index (χ2n) is 7.75. The number of nitrogens with zero attached hydrogens (tertiary/aromatic N) is 2. The van der Waals surface area contributed by atoms with Gasteiger partial charge in [0.05, 0.1) is 23.3 Å². The number of halogens is 3. The summed E-state index contributed by atoms with van der Waals surface area (Å²) in [5, 5.41) is 3.85. The van der Waals surface area contributed by atoms with E-state index in [1.54, 1.807) is 25.3 Å². The number of hydrogen-bond donors (Lipinski definition) is 1. The number of benzene rings is 2. The molecule has 1 aliphatic carbocycles. The van der Waals surface area contributed by atoms with Crippen molar-refractivity contribution < 1.29 is 13.9 Å². The van der Waals surface area contributed by atoms with Crippen molar-refractivity contribution in [1.29, 1.82) is 0 Å². The SMILES string of the molecule is COc1ccc(C(=Nc2c(Cl)cncc2Cl)NCc2ccccc2F)cc1OC1CCCC1. The summed E-state index contributed by atoms with van der Waals surface area (Å²) in [5.74, 6) is 1.43. The van der Waals surface area contributed by atoms with Crippen LogP contribution in [0.1, 0.15) is 36.8 Å². The standard InChI is InChI=1S/C25H24Cl2FN3O2/c1-32-22-11-10-16(12-23(22)33-18-7-3-4-8-18)25(30-13-17-6-2-5-9-21(17)28)31-24-19(26)14-29-15-20(24)27/h2,5-6,9-12,14-15,18H,3-4,7-8,13H2,1H3,(H,29,30,31). The van der Waals surface area contributed by atoms with Crippen molar-refractivity contribution in [2.45, 2.75) is 38.3 Å². The molecular weight excluding hydrogens is 464 g/mol. The number of pyridine rings is 1.